The van der Waals surface area contributed by atoms with Crippen molar-refractivity contribution in [2.75, 3.05) is 25.0 Å². The van der Waals surface area contributed by atoms with Gasteiger partial charge in [0.15, 0.2) is 10.8 Å². The van der Waals surface area contributed by atoms with Gasteiger partial charge in [0.25, 0.3) is 0 Å². The van der Waals surface area contributed by atoms with Gasteiger partial charge in [0.2, 0.25) is 5.91 Å². The lowest BCUT2D eigenvalue weighted by molar-refractivity contribution is -0.120. The molecular weight excluding hydrogens is 278 g/mol. The minimum absolute atomic E-state index is 0.0123. The Morgan fingerprint density at radius 3 is 2.70 bits per heavy atom. The van der Waals surface area contributed by atoms with E-state index in [0.29, 0.717) is 36.9 Å². The summed E-state index contributed by atoms with van der Waals surface area (Å²) < 4.78 is 4.92. The molecular formula is C13H21N3O3S. The molecule has 0 saturated carbocycles. The highest BCUT2D eigenvalue weighted by molar-refractivity contribution is 7.15. The van der Waals surface area contributed by atoms with Gasteiger partial charge in [-0.05, 0) is 20.3 Å². The van der Waals surface area contributed by atoms with Gasteiger partial charge in [0, 0.05) is 24.4 Å². The van der Waals surface area contributed by atoms with Gasteiger partial charge in [-0.3, -0.25) is 4.79 Å². The number of rotatable bonds is 8. The van der Waals surface area contributed by atoms with Gasteiger partial charge in [-0.25, -0.2) is 9.78 Å². The SMILES string of the molecule is CCCNC(=O)CCNc1nc(C(=O)OCC)c(C)s1. The zero-order chi connectivity index (χ0) is 15.0. The normalized spacial score (nSPS) is 10.2. The molecule has 0 unspecified atom stereocenters. The van der Waals surface area contributed by atoms with Crippen LogP contribution in [0.1, 0.15) is 42.1 Å². The predicted molar refractivity (Wildman–Crippen MR) is 79.2 cm³/mol. The maximum absolute atomic E-state index is 11.6. The van der Waals surface area contributed by atoms with E-state index in [-0.39, 0.29) is 5.91 Å². The zero-order valence-corrected chi connectivity index (χ0v) is 12.9. The summed E-state index contributed by atoms with van der Waals surface area (Å²) in [5.41, 5.74) is 0.342. The smallest absolute Gasteiger partial charge is 0.358 e. The number of carbonyl (C=O) groups excluding carboxylic acids is 2. The molecule has 1 amide bonds. The van der Waals surface area contributed by atoms with Crippen LogP contribution < -0.4 is 10.6 Å². The molecule has 0 saturated heterocycles. The Balaban J connectivity index is 2.43. The van der Waals surface area contributed by atoms with Crippen molar-refractivity contribution in [3.8, 4) is 0 Å². The topological polar surface area (TPSA) is 80.3 Å². The van der Waals surface area contributed by atoms with Gasteiger partial charge in [-0.2, -0.15) is 0 Å². The highest BCUT2D eigenvalue weighted by Gasteiger charge is 2.16. The molecule has 1 aromatic rings. The second-order valence-corrected chi connectivity index (χ2v) is 5.37. The summed E-state index contributed by atoms with van der Waals surface area (Å²) in [6.45, 7) is 7.10. The minimum atomic E-state index is -0.407. The first-order valence-electron chi connectivity index (χ1n) is 6.73. The van der Waals surface area contributed by atoms with E-state index in [9.17, 15) is 9.59 Å². The average Bonchev–Trinajstić information content (AvgIpc) is 2.78. The quantitative estimate of drug-likeness (QED) is 0.717. The number of nitrogens with one attached hydrogen (secondary N) is 2. The Labute approximate surface area is 122 Å². The van der Waals surface area contributed by atoms with Crippen molar-refractivity contribution in [3.63, 3.8) is 0 Å². The zero-order valence-electron chi connectivity index (χ0n) is 12.1. The van der Waals surface area contributed by atoms with Gasteiger partial charge in [-0.15, -0.1) is 11.3 Å². The molecule has 20 heavy (non-hydrogen) atoms. The largest absolute Gasteiger partial charge is 0.461 e. The van der Waals surface area contributed by atoms with Gasteiger partial charge in [0.1, 0.15) is 0 Å². The molecule has 2 N–H and O–H groups in total. The number of nitrogens with zero attached hydrogens (tertiary/aromatic N) is 1. The Morgan fingerprint density at radius 2 is 2.05 bits per heavy atom. The van der Waals surface area contributed by atoms with Crippen LogP contribution in [0, 0.1) is 6.92 Å². The molecule has 1 rings (SSSR count). The lowest BCUT2D eigenvalue weighted by atomic mass is 10.4. The van der Waals surface area contributed by atoms with Crippen molar-refractivity contribution in [1.82, 2.24) is 10.3 Å². The highest BCUT2D eigenvalue weighted by Crippen LogP contribution is 2.22. The van der Waals surface area contributed by atoms with Crippen molar-refractivity contribution in [3.05, 3.63) is 10.6 Å². The van der Waals surface area contributed by atoms with Crippen LogP contribution in [0.5, 0.6) is 0 Å². The Kier molecular flexibility index (Phi) is 7.00. The molecule has 0 aliphatic heterocycles. The van der Waals surface area contributed by atoms with Crippen LogP contribution in [0.15, 0.2) is 0 Å². The van der Waals surface area contributed by atoms with E-state index in [1.165, 1.54) is 11.3 Å². The standard InChI is InChI=1S/C13H21N3O3S/c1-4-7-14-10(17)6-8-15-13-16-11(9(3)20-13)12(18)19-5-2/h4-8H2,1-3H3,(H,14,17)(H,15,16). The summed E-state index contributed by atoms with van der Waals surface area (Å²) in [6.07, 6.45) is 1.31. The first kappa shape index (κ1) is 16.4. The summed E-state index contributed by atoms with van der Waals surface area (Å²) in [4.78, 5) is 28.0. The number of anilines is 1. The molecule has 1 aromatic heterocycles. The van der Waals surface area contributed by atoms with E-state index in [1.807, 2.05) is 13.8 Å². The van der Waals surface area contributed by atoms with Crippen LogP contribution in [-0.4, -0.2) is 36.6 Å². The Morgan fingerprint density at radius 1 is 1.30 bits per heavy atom. The van der Waals surface area contributed by atoms with Gasteiger partial charge < -0.3 is 15.4 Å². The van der Waals surface area contributed by atoms with Gasteiger partial charge in [-0.1, -0.05) is 6.92 Å². The van der Waals surface area contributed by atoms with Crippen molar-refractivity contribution in [2.24, 2.45) is 0 Å². The average molecular weight is 299 g/mol. The first-order valence-corrected chi connectivity index (χ1v) is 7.55. The van der Waals surface area contributed by atoms with E-state index < -0.39 is 5.97 Å². The van der Waals surface area contributed by atoms with Crippen LogP contribution in [0.3, 0.4) is 0 Å². The number of aromatic nitrogens is 1. The molecule has 6 nitrogen and oxygen atoms in total. The Bertz CT molecular complexity index is 460. The van der Waals surface area contributed by atoms with Crippen molar-refractivity contribution < 1.29 is 14.3 Å². The summed E-state index contributed by atoms with van der Waals surface area (Å²) in [5, 5.41) is 6.48. The van der Waals surface area contributed by atoms with Crippen molar-refractivity contribution in [1.29, 1.82) is 0 Å². The van der Waals surface area contributed by atoms with Crippen LogP contribution >= 0.6 is 11.3 Å². The number of ether oxygens (including phenoxy) is 1. The molecule has 0 atom stereocenters. The van der Waals surface area contributed by atoms with E-state index in [4.69, 9.17) is 4.74 Å². The third kappa shape index (κ3) is 5.16. The van der Waals surface area contributed by atoms with Crippen LogP contribution in [0.2, 0.25) is 0 Å². The molecule has 0 aromatic carbocycles. The lowest BCUT2D eigenvalue weighted by Crippen LogP contribution is -2.25. The summed E-state index contributed by atoms with van der Waals surface area (Å²) >= 11 is 1.38. The van der Waals surface area contributed by atoms with Crippen LogP contribution in [0.4, 0.5) is 5.13 Å². The third-order valence-electron chi connectivity index (χ3n) is 2.47. The number of thiazole rings is 1. The Hall–Kier alpha value is -1.63. The molecule has 0 aliphatic carbocycles. The number of aryl methyl sites for hydroxylation is 1. The van der Waals surface area contributed by atoms with E-state index in [2.05, 4.69) is 15.6 Å². The van der Waals surface area contributed by atoms with Gasteiger partial charge >= 0.3 is 5.97 Å². The molecule has 1 heterocycles. The highest BCUT2D eigenvalue weighted by atomic mass is 32.1. The number of amides is 1. The molecule has 112 valence electrons. The second kappa shape index (κ2) is 8.52. The number of hydrogen-bond donors (Lipinski definition) is 2. The third-order valence-corrected chi connectivity index (χ3v) is 3.39. The van der Waals surface area contributed by atoms with Crippen molar-refractivity contribution >= 4 is 28.3 Å². The number of carbonyl (C=O) groups is 2. The van der Waals surface area contributed by atoms with E-state index >= 15 is 0 Å². The lowest BCUT2D eigenvalue weighted by Gasteiger charge is -2.03. The van der Waals surface area contributed by atoms with Crippen LogP contribution in [-0.2, 0) is 9.53 Å². The summed E-state index contributed by atoms with van der Waals surface area (Å²) in [6, 6.07) is 0. The fourth-order valence-electron chi connectivity index (χ4n) is 1.50. The minimum Gasteiger partial charge on any atom is -0.461 e. The maximum Gasteiger partial charge on any atom is 0.358 e. The monoisotopic (exact) mass is 299 g/mol. The summed E-state index contributed by atoms with van der Waals surface area (Å²) in [7, 11) is 0. The second-order valence-electron chi connectivity index (χ2n) is 4.17. The predicted octanol–water partition coefficient (Wildman–Crippen LogP) is 1.96. The fraction of sp³-hybridized carbons (Fsp3) is 0.615. The molecule has 0 radical (unpaired) electrons. The summed E-state index contributed by atoms with van der Waals surface area (Å²) in [5.74, 6) is -0.395. The molecule has 0 bridgehead atoms. The molecule has 7 heteroatoms. The fourth-order valence-corrected chi connectivity index (χ4v) is 2.32. The van der Waals surface area contributed by atoms with Gasteiger partial charge in [0.05, 0.1) is 6.61 Å². The van der Waals surface area contributed by atoms with Crippen LogP contribution in [0.25, 0.3) is 0 Å². The number of hydrogen-bond acceptors (Lipinski definition) is 6. The van der Waals surface area contributed by atoms with Crippen molar-refractivity contribution in [2.45, 2.75) is 33.6 Å². The van der Waals surface area contributed by atoms with E-state index in [1.54, 1.807) is 6.92 Å². The number of esters is 1. The molecule has 0 aliphatic rings. The molecule has 0 spiro atoms. The maximum atomic E-state index is 11.6. The first-order chi connectivity index (χ1) is 9.58. The molecule has 0 fully saturated rings. The van der Waals surface area contributed by atoms with E-state index in [0.717, 1.165) is 11.3 Å².